The van der Waals surface area contributed by atoms with Crippen molar-refractivity contribution in [3.8, 4) is 0 Å². The first-order chi connectivity index (χ1) is 6.43. The first kappa shape index (κ1) is 10.7. The molecular formula is C10H18O3. The molecule has 0 aliphatic carbocycles. The lowest BCUT2D eigenvalue weighted by atomic mass is 10.1. The lowest BCUT2D eigenvalue weighted by Crippen LogP contribution is -2.22. The number of aliphatic hydroxyl groups excluding tert-OH is 1. The third kappa shape index (κ3) is 5.03. The molecule has 1 heterocycles. The highest BCUT2D eigenvalue weighted by molar-refractivity contribution is 4.84. The van der Waals surface area contributed by atoms with Crippen LogP contribution in [-0.4, -0.2) is 37.6 Å². The summed E-state index contributed by atoms with van der Waals surface area (Å²) in [5.41, 5.74) is 0. The maximum Gasteiger partial charge on any atom is 0.0811 e. The molecule has 0 radical (unpaired) electrons. The van der Waals surface area contributed by atoms with E-state index < -0.39 is 0 Å². The Morgan fingerprint density at radius 2 is 2.23 bits per heavy atom. The summed E-state index contributed by atoms with van der Waals surface area (Å²) in [4.78, 5) is 0. The number of rotatable bonds is 4. The molecule has 0 bridgehead atoms. The van der Waals surface area contributed by atoms with Crippen molar-refractivity contribution in [2.75, 3.05) is 26.4 Å². The fourth-order valence-corrected chi connectivity index (χ4v) is 1.31. The summed E-state index contributed by atoms with van der Waals surface area (Å²) in [6.45, 7) is 1.89. The molecule has 1 rings (SSSR count). The smallest absolute Gasteiger partial charge is 0.0811 e. The van der Waals surface area contributed by atoms with E-state index in [9.17, 15) is 0 Å². The zero-order valence-corrected chi connectivity index (χ0v) is 7.95. The predicted molar refractivity (Wildman–Crippen MR) is 50.6 cm³/mol. The van der Waals surface area contributed by atoms with E-state index in [4.69, 9.17) is 14.6 Å². The van der Waals surface area contributed by atoms with Crippen molar-refractivity contribution in [3.05, 3.63) is 12.2 Å². The van der Waals surface area contributed by atoms with Crippen LogP contribution >= 0.6 is 0 Å². The van der Waals surface area contributed by atoms with Gasteiger partial charge in [-0.25, -0.2) is 0 Å². The minimum atomic E-state index is 0.0899. The van der Waals surface area contributed by atoms with Crippen LogP contribution in [0.2, 0.25) is 0 Å². The number of hydrogen-bond acceptors (Lipinski definition) is 3. The first-order valence-corrected chi connectivity index (χ1v) is 4.88. The molecule has 0 spiro atoms. The van der Waals surface area contributed by atoms with Gasteiger partial charge in [0.15, 0.2) is 0 Å². The van der Waals surface area contributed by atoms with Gasteiger partial charge in [0.1, 0.15) is 0 Å². The summed E-state index contributed by atoms with van der Waals surface area (Å²) in [6, 6.07) is 0. The second kappa shape index (κ2) is 7.06. The minimum absolute atomic E-state index is 0.0899. The van der Waals surface area contributed by atoms with Gasteiger partial charge in [0, 0.05) is 0 Å². The second-order valence-corrected chi connectivity index (χ2v) is 3.13. The van der Waals surface area contributed by atoms with Gasteiger partial charge >= 0.3 is 0 Å². The largest absolute Gasteiger partial charge is 0.394 e. The lowest BCUT2D eigenvalue weighted by molar-refractivity contribution is -0.0263. The van der Waals surface area contributed by atoms with Gasteiger partial charge in [-0.1, -0.05) is 12.2 Å². The van der Waals surface area contributed by atoms with Crippen LogP contribution in [0, 0.1) is 0 Å². The van der Waals surface area contributed by atoms with Crippen molar-refractivity contribution in [1.29, 1.82) is 0 Å². The first-order valence-electron chi connectivity index (χ1n) is 4.88. The number of ether oxygens (including phenoxy) is 2. The summed E-state index contributed by atoms with van der Waals surface area (Å²) in [5, 5.41) is 8.52. The molecule has 3 nitrogen and oxygen atoms in total. The standard InChI is InChI=1S/C10H18O3/c11-6-8-12-9-10-5-3-1-2-4-7-13-10/h1-2,10-11H,3-9H2/b2-1+. The van der Waals surface area contributed by atoms with Gasteiger partial charge in [0.05, 0.1) is 32.5 Å². The van der Waals surface area contributed by atoms with Gasteiger partial charge in [-0.05, 0) is 19.3 Å². The summed E-state index contributed by atoms with van der Waals surface area (Å²) in [7, 11) is 0. The SMILES string of the molecule is OCCOCC1CC/C=C/CCO1. The second-order valence-electron chi connectivity index (χ2n) is 3.13. The van der Waals surface area contributed by atoms with Crippen molar-refractivity contribution in [3.63, 3.8) is 0 Å². The predicted octanol–water partition coefficient (Wildman–Crippen LogP) is 1.12. The molecule has 13 heavy (non-hydrogen) atoms. The fraction of sp³-hybridized carbons (Fsp3) is 0.800. The van der Waals surface area contributed by atoms with Crippen molar-refractivity contribution >= 4 is 0 Å². The maximum atomic E-state index is 8.52. The van der Waals surface area contributed by atoms with E-state index in [1.165, 1.54) is 0 Å². The van der Waals surface area contributed by atoms with Crippen molar-refractivity contribution in [2.45, 2.75) is 25.4 Å². The third-order valence-electron chi connectivity index (χ3n) is 2.00. The Labute approximate surface area is 79.3 Å². The van der Waals surface area contributed by atoms with E-state index in [1.54, 1.807) is 0 Å². The molecule has 1 N–H and O–H groups in total. The van der Waals surface area contributed by atoms with Crippen LogP contribution in [-0.2, 0) is 9.47 Å². The van der Waals surface area contributed by atoms with Crippen LogP contribution in [0.4, 0.5) is 0 Å². The maximum absolute atomic E-state index is 8.52. The van der Waals surface area contributed by atoms with Crippen LogP contribution < -0.4 is 0 Å². The van der Waals surface area contributed by atoms with Gasteiger partial charge in [-0.3, -0.25) is 0 Å². The quantitative estimate of drug-likeness (QED) is 0.528. The molecule has 76 valence electrons. The minimum Gasteiger partial charge on any atom is -0.394 e. The van der Waals surface area contributed by atoms with E-state index in [2.05, 4.69) is 12.2 Å². The Hall–Kier alpha value is -0.380. The van der Waals surface area contributed by atoms with Gasteiger partial charge in [0.2, 0.25) is 0 Å². The molecule has 0 aromatic carbocycles. The van der Waals surface area contributed by atoms with Crippen LogP contribution in [0.1, 0.15) is 19.3 Å². The normalized spacial score (nSPS) is 26.4. The molecule has 1 aliphatic rings. The molecule has 0 saturated carbocycles. The third-order valence-corrected chi connectivity index (χ3v) is 2.00. The van der Waals surface area contributed by atoms with Crippen LogP contribution in [0.15, 0.2) is 12.2 Å². The van der Waals surface area contributed by atoms with Gasteiger partial charge in [-0.15, -0.1) is 0 Å². The van der Waals surface area contributed by atoms with E-state index in [0.717, 1.165) is 25.9 Å². The van der Waals surface area contributed by atoms with E-state index in [0.29, 0.717) is 13.2 Å². The zero-order chi connectivity index (χ0) is 9.36. The van der Waals surface area contributed by atoms with Crippen molar-refractivity contribution < 1.29 is 14.6 Å². The number of hydrogen-bond donors (Lipinski definition) is 1. The van der Waals surface area contributed by atoms with Crippen LogP contribution in [0.25, 0.3) is 0 Å². The van der Waals surface area contributed by atoms with Crippen LogP contribution in [0.3, 0.4) is 0 Å². The monoisotopic (exact) mass is 186 g/mol. The van der Waals surface area contributed by atoms with Gasteiger partial charge in [-0.2, -0.15) is 0 Å². The Morgan fingerprint density at radius 3 is 3.08 bits per heavy atom. The Morgan fingerprint density at radius 1 is 1.38 bits per heavy atom. The number of allylic oxidation sites excluding steroid dienone is 1. The van der Waals surface area contributed by atoms with E-state index in [1.807, 2.05) is 0 Å². The molecule has 0 aromatic rings. The molecule has 0 aromatic heterocycles. The van der Waals surface area contributed by atoms with Crippen molar-refractivity contribution in [2.24, 2.45) is 0 Å². The van der Waals surface area contributed by atoms with Gasteiger partial charge in [0.25, 0.3) is 0 Å². The summed E-state index contributed by atoms with van der Waals surface area (Å²) < 4.78 is 10.8. The molecular weight excluding hydrogens is 168 g/mol. The highest BCUT2D eigenvalue weighted by Gasteiger charge is 2.09. The average Bonchev–Trinajstić information content (AvgIpc) is 2.08. The summed E-state index contributed by atoms with van der Waals surface area (Å²) in [5.74, 6) is 0. The molecule has 3 heteroatoms. The molecule has 0 saturated heterocycles. The molecule has 0 amide bonds. The molecule has 0 fully saturated rings. The fourth-order valence-electron chi connectivity index (χ4n) is 1.31. The van der Waals surface area contributed by atoms with E-state index >= 15 is 0 Å². The van der Waals surface area contributed by atoms with Crippen molar-refractivity contribution in [1.82, 2.24) is 0 Å². The van der Waals surface area contributed by atoms with Crippen LogP contribution in [0.5, 0.6) is 0 Å². The Bertz CT molecular complexity index is 145. The number of aliphatic hydroxyl groups is 1. The molecule has 1 aliphatic heterocycles. The summed E-state index contributed by atoms with van der Waals surface area (Å²) in [6.07, 6.45) is 7.63. The zero-order valence-electron chi connectivity index (χ0n) is 7.95. The van der Waals surface area contributed by atoms with E-state index in [-0.39, 0.29) is 12.7 Å². The topological polar surface area (TPSA) is 38.7 Å². The average molecular weight is 186 g/mol. The summed E-state index contributed by atoms with van der Waals surface area (Å²) >= 11 is 0. The molecule has 1 unspecified atom stereocenters. The lowest BCUT2D eigenvalue weighted by Gasteiger charge is -2.18. The highest BCUT2D eigenvalue weighted by Crippen LogP contribution is 2.08. The highest BCUT2D eigenvalue weighted by atomic mass is 16.5. The van der Waals surface area contributed by atoms with Gasteiger partial charge < -0.3 is 14.6 Å². The Kier molecular flexibility index (Phi) is 5.81. The Balaban J connectivity index is 2.12. The molecule has 1 atom stereocenters.